The van der Waals surface area contributed by atoms with Crippen molar-refractivity contribution in [3.05, 3.63) is 29.3 Å². The summed E-state index contributed by atoms with van der Waals surface area (Å²) in [5.74, 6) is -1.88. The first-order valence-corrected chi connectivity index (χ1v) is 6.10. The Morgan fingerprint density at radius 2 is 2.05 bits per heavy atom. The number of fused-ring (bicyclic) bond motifs is 1. The second-order valence-electron chi connectivity index (χ2n) is 4.59. The first kappa shape index (κ1) is 15.1. The van der Waals surface area contributed by atoms with Crippen LogP contribution in [0.4, 0.5) is 13.2 Å². The van der Waals surface area contributed by atoms with Crippen molar-refractivity contribution in [1.82, 2.24) is 4.90 Å². The molecule has 0 saturated heterocycles. The molecule has 1 aliphatic heterocycles. The molecule has 1 heterocycles. The number of ether oxygens (including phenoxy) is 1. The molecule has 0 fully saturated rings. The smallest absolute Gasteiger partial charge is 0.406 e. The van der Waals surface area contributed by atoms with Gasteiger partial charge in [0.1, 0.15) is 18.8 Å². The summed E-state index contributed by atoms with van der Waals surface area (Å²) in [4.78, 5) is 23.0. The standard InChI is InChI=1S/C13H12F3NO4/c14-13(15,16)7-17(6-11(18)19)12(20)9-1-2-10-8(5-9)3-4-21-10/h1-2,5H,3-4,6-7H2,(H,18,19). The van der Waals surface area contributed by atoms with Crippen LogP contribution in [0.3, 0.4) is 0 Å². The Kier molecular flexibility index (Phi) is 4.06. The van der Waals surface area contributed by atoms with Gasteiger partial charge in [-0.2, -0.15) is 13.2 Å². The Morgan fingerprint density at radius 3 is 2.67 bits per heavy atom. The van der Waals surface area contributed by atoms with Crippen molar-refractivity contribution in [1.29, 1.82) is 0 Å². The van der Waals surface area contributed by atoms with E-state index >= 15 is 0 Å². The number of benzene rings is 1. The number of carboxylic acids is 1. The minimum absolute atomic E-state index is 0.0183. The highest BCUT2D eigenvalue weighted by molar-refractivity contribution is 5.96. The zero-order valence-electron chi connectivity index (χ0n) is 10.8. The van der Waals surface area contributed by atoms with Gasteiger partial charge in [-0.1, -0.05) is 0 Å². The summed E-state index contributed by atoms with van der Waals surface area (Å²) >= 11 is 0. The summed E-state index contributed by atoms with van der Waals surface area (Å²) in [5.41, 5.74) is 0.743. The topological polar surface area (TPSA) is 66.8 Å². The van der Waals surface area contributed by atoms with Crippen LogP contribution in [0.5, 0.6) is 5.75 Å². The molecule has 1 aromatic rings. The van der Waals surface area contributed by atoms with Crippen LogP contribution >= 0.6 is 0 Å². The van der Waals surface area contributed by atoms with Gasteiger partial charge in [0, 0.05) is 12.0 Å². The SMILES string of the molecule is O=C(O)CN(CC(F)(F)F)C(=O)c1ccc2c(c1)CCO2. The maximum atomic E-state index is 12.4. The van der Waals surface area contributed by atoms with Gasteiger partial charge < -0.3 is 14.7 Å². The molecule has 0 aromatic heterocycles. The van der Waals surface area contributed by atoms with Gasteiger partial charge in [-0.15, -0.1) is 0 Å². The van der Waals surface area contributed by atoms with E-state index in [2.05, 4.69) is 0 Å². The van der Waals surface area contributed by atoms with Gasteiger partial charge in [0.05, 0.1) is 6.61 Å². The lowest BCUT2D eigenvalue weighted by Crippen LogP contribution is -2.42. The van der Waals surface area contributed by atoms with Crippen molar-refractivity contribution < 1.29 is 32.6 Å². The van der Waals surface area contributed by atoms with E-state index in [1.165, 1.54) is 18.2 Å². The minimum Gasteiger partial charge on any atom is -0.493 e. The van der Waals surface area contributed by atoms with Gasteiger partial charge in [0.2, 0.25) is 0 Å². The highest BCUT2D eigenvalue weighted by atomic mass is 19.4. The normalized spacial score (nSPS) is 13.5. The maximum absolute atomic E-state index is 12.4. The van der Waals surface area contributed by atoms with Crippen molar-refractivity contribution >= 4 is 11.9 Å². The van der Waals surface area contributed by atoms with Crippen molar-refractivity contribution in [2.75, 3.05) is 19.7 Å². The first-order valence-electron chi connectivity index (χ1n) is 6.10. The Bertz CT molecular complexity index is 571. The fourth-order valence-electron chi connectivity index (χ4n) is 2.08. The second kappa shape index (κ2) is 5.63. The van der Waals surface area contributed by atoms with Gasteiger partial charge in [-0.3, -0.25) is 9.59 Å². The molecule has 8 heteroatoms. The number of carbonyl (C=O) groups excluding carboxylic acids is 1. The van der Waals surface area contributed by atoms with E-state index in [0.29, 0.717) is 18.8 Å². The molecule has 1 aliphatic rings. The zero-order chi connectivity index (χ0) is 15.6. The monoisotopic (exact) mass is 303 g/mol. The molecule has 21 heavy (non-hydrogen) atoms. The van der Waals surface area contributed by atoms with Gasteiger partial charge in [-0.25, -0.2) is 0 Å². The second-order valence-corrected chi connectivity index (χ2v) is 4.59. The van der Waals surface area contributed by atoms with Crippen LogP contribution in [-0.2, 0) is 11.2 Å². The third-order valence-corrected chi connectivity index (χ3v) is 2.92. The number of nitrogens with zero attached hydrogens (tertiary/aromatic N) is 1. The number of amides is 1. The third-order valence-electron chi connectivity index (χ3n) is 2.92. The van der Waals surface area contributed by atoms with E-state index in [4.69, 9.17) is 9.84 Å². The Balaban J connectivity index is 2.22. The lowest BCUT2D eigenvalue weighted by atomic mass is 10.1. The van der Waals surface area contributed by atoms with E-state index in [9.17, 15) is 22.8 Å². The molecule has 0 atom stereocenters. The molecular weight excluding hydrogens is 291 g/mol. The summed E-state index contributed by atoms with van der Waals surface area (Å²) in [5, 5.41) is 8.65. The van der Waals surface area contributed by atoms with Crippen LogP contribution in [0.1, 0.15) is 15.9 Å². The number of aliphatic carboxylic acids is 1. The van der Waals surface area contributed by atoms with E-state index in [1.54, 1.807) is 0 Å². The average Bonchev–Trinajstić information content (AvgIpc) is 2.81. The molecule has 0 bridgehead atoms. The van der Waals surface area contributed by atoms with Crippen LogP contribution in [0.25, 0.3) is 0 Å². The number of rotatable bonds is 4. The molecule has 5 nitrogen and oxygen atoms in total. The van der Waals surface area contributed by atoms with Crippen LogP contribution < -0.4 is 4.74 Å². The molecule has 114 valence electrons. The molecule has 1 aromatic carbocycles. The maximum Gasteiger partial charge on any atom is 0.406 e. The largest absolute Gasteiger partial charge is 0.493 e. The molecule has 1 amide bonds. The Labute approximate surface area is 117 Å². The number of hydrogen-bond donors (Lipinski definition) is 1. The van der Waals surface area contributed by atoms with Crippen molar-refractivity contribution in [3.63, 3.8) is 0 Å². The molecule has 0 radical (unpaired) electrons. The molecule has 0 aliphatic carbocycles. The molecule has 1 N–H and O–H groups in total. The summed E-state index contributed by atoms with van der Waals surface area (Å²) in [6, 6.07) is 4.27. The highest BCUT2D eigenvalue weighted by Gasteiger charge is 2.34. The number of halogens is 3. The van der Waals surface area contributed by atoms with Crippen LogP contribution in [0, 0.1) is 0 Å². The molecular formula is C13H12F3NO4. The average molecular weight is 303 g/mol. The summed E-state index contributed by atoms with van der Waals surface area (Å²) < 4.78 is 42.6. The summed E-state index contributed by atoms with van der Waals surface area (Å²) in [6.45, 7) is -2.16. The van der Waals surface area contributed by atoms with Crippen LogP contribution in [0.2, 0.25) is 0 Å². The third kappa shape index (κ3) is 3.87. The Morgan fingerprint density at radius 1 is 1.33 bits per heavy atom. The van der Waals surface area contributed by atoms with Gasteiger partial charge in [-0.05, 0) is 23.8 Å². The number of hydrogen-bond acceptors (Lipinski definition) is 3. The van der Waals surface area contributed by atoms with Crippen molar-refractivity contribution in [3.8, 4) is 5.75 Å². The number of alkyl halides is 3. The quantitative estimate of drug-likeness (QED) is 0.919. The zero-order valence-corrected chi connectivity index (χ0v) is 10.8. The fourth-order valence-corrected chi connectivity index (χ4v) is 2.08. The van der Waals surface area contributed by atoms with Crippen molar-refractivity contribution in [2.24, 2.45) is 0 Å². The molecule has 0 spiro atoms. The minimum atomic E-state index is -4.66. The van der Waals surface area contributed by atoms with Gasteiger partial charge in [0.15, 0.2) is 0 Å². The highest BCUT2D eigenvalue weighted by Crippen LogP contribution is 2.27. The van der Waals surface area contributed by atoms with E-state index in [0.717, 1.165) is 5.56 Å². The number of carboxylic acid groups (broad SMARTS) is 1. The number of carbonyl (C=O) groups is 2. The fraction of sp³-hybridized carbons (Fsp3) is 0.385. The lowest BCUT2D eigenvalue weighted by molar-refractivity contribution is -0.149. The van der Waals surface area contributed by atoms with E-state index in [1.807, 2.05) is 0 Å². The Hall–Kier alpha value is -2.25. The first-order chi connectivity index (χ1) is 9.76. The van der Waals surface area contributed by atoms with Gasteiger partial charge in [0.25, 0.3) is 5.91 Å². The predicted molar refractivity (Wildman–Crippen MR) is 65.2 cm³/mol. The van der Waals surface area contributed by atoms with Crippen LogP contribution in [0.15, 0.2) is 18.2 Å². The molecule has 0 saturated carbocycles. The molecule has 2 rings (SSSR count). The van der Waals surface area contributed by atoms with Crippen LogP contribution in [-0.4, -0.2) is 47.8 Å². The molecule has 0 unspecified atom stereocenters. The summed E-state index contributed by atoms with van der Waals surface area (Å²) in [7, 11) is 0. The van der Waals surface area contributed by atoms with Crippen molar-refractivity contribution in [2.45, 2.75) is 12.6 Å². The lowest BCUT2D eigenvalue weighted by Gasteiger charge is -2.22. The van der Waals surface area contributed by atoms with E-state index < -0.39 is 31.1 Å². The van der Waals surface area contributed by atoms with Gasteiger partial charge >= 0.3 is 12.1 Å². The predicted octanol–water partition coefficient (Wildman–Crippen LogP) is 1.71. The summed E-state index contributed by atoms with van der Waals surface area (Å²) in [6.07, 6.45) is -4.10. The van der Waals surface area contributed by atoms with E-state index in [-0.39, 0.29) is 10.5 Å².